The predicted octanol–water partition coefficient (Wildman–Crippen LogP) is 3.06. The minimum Gasteiger partial charge on any atom is -0.371 e. The topological polar surface area (TPSA) is 79.7 Å². The summed E-state index contributed by atoms with van der Waals surface area (Å²) in [7, 11) is 1.57. The molecule has 0 radical (unpaired) electrons. The highest BCUT2D eigenvalue weighted by Crippen LogP contribution is 2.47. The van der Waals surface area contributed by atoms with E-state index in [2.05, 4.69) is 5.32 Å². The minimum atomic E-state index is -4.61. The summed E-state index contributed by atoms with van der Waals surface area (Å²) in [6.45, 7) is 3.27. The number of alkyl halides is 3. The molecule has 3 saturated heterocycles. The molecule has 7 nitrogen and oxygen atoms in total. The summed E-state index contributed by atoms with van der Waals surface area (Å²) < 4.78 is 40.2. The minimum absolute atomic E-state index is 0.0880. The van der Waals surface area contributed by atoms with Crippen molar-refractivity contribution in [2.24, 2.45) is 11.3 Å². The molecule has 10 heteroatoms. The molecule has 178 valence electrons. The van der Waals surface area contributed by atoms with E-state index in [0.717, 1.165) is 32.0 Å². The summed E-state index contributed by atoms with van der Waals surface area (Å²) in [4.78, 5) is 31.2. The van der Waals surface area contributed by atoms with E-state index in [1.54, 1.807) is 24.1 Å². The smallest absolute Gasteiger partial charge is 0.371 e. The molecule has 0 aliphatic carbocycles. The molecule has 3 fully saturated rings. The summed E-state index contributed by atoms with van der Waals surface area (Å²) in [6, 6.07) is 5.20. The number of urea groups is 1. The van der Waals surface area contributed by atoms with Crippen molar-refractivity contribution in [1.82, 2.24) is 15.1 Å². The first-order chi connectivity index (χ1) is 15.7. The van der Waals surface area contributed by atoms with Crippen molar-refractivity contribution in [1.29, 1.82) is 5.26 Å². The maximum absolute atomic E-state index is 13.4. The van der Waals surface area contributed by atoms with Crippen molar-refractivity contribution in [2.75, 3.05) is 51.2 Å². The van der Waals surface area contributed by atoms with Gasteiger partial charge in [-0.05, 0) is 43.9 Å². The van der Waals surface area contributed by atoms with Crippen LogP contribution in [-0.2, 0) is 11.0 Å². The third kappa shape index (κ3) is 4.33. The number of carbonyl (C=O) groups excluding carboxylic acids is 2. The molecule has 1 N–H and O–H groups in total. The van der Waals surface area contributed by atoms with Gasteiger partial charge in [0.2, 0.25) is 5.91 Å². The Morgan fingerprint density at radius 3 is 2.36 bits per heavy atom. The molecular formula is C23H28F3N5O2. The number of likely N-dealkylation sites (tertiary alicyclic amines) is 2. The van der Waals surface area contributed by atoms with Gasteiger partial charge < -0.3 is 20.0 Å². The SMILES string of the molecule is CNC(=O)N1CC(C(=O)N2CCCC2)C2(CCN(c3ccc(C#N)c(C(F)(F)F)c3)CC2)C1. The maximum Gasteiger partial charge on any atom is 0.417 e. The van der Waals surface area contributed by atoms with E-state index in [9.17, 15) is 22.8 Å². The Bertz CT molecular complexity index is 960. The molecule has 1 spiro atoms. The Morgan fingerprint density at radius 2 is 1.79 bits per heavy atom. The zero-order valence-electron chi connectivity index (χ0n) is 18.6. The fourth-order valence-corrected chi connectivity index (χ4v) is 5.56. The molecular weight excluding hydrogens is 435 g/mol. The zero-order chi connectivity index (χ0) is 23.8. The largest absolute Gasteiger partial charge is 0.417 e. The number of piperidine rings is 1. The molecule has 0 bridgehead atoms. The standard InChI is InChI=1S/C23H28F3N5O2/c1-28-21(33)31-14-19(20(32)30-8-2-3-9-30)22(15-31)6-10-29(11-7-22)17-5-4-16(13-27)18(12-17)23(24,25)26/h4-5,12,19H,2-3,6-11,14-15H2,1H3,(H,28,33). The first kappa shape index (κ1) is 23.2. The van der Waals surface area contributed by atoms with Crippen LogP contribution in [0.3, 0.4) is 0 Å². The number of anilines is 1. The average molecular weight is 464 g/mol. The second-order valence-corrected chi connectivity index (χ2v) is 9.21. The highest BCUT2D eigenvalue weighted by Gasteiger charge is 2.53. The van der Waals surface area contributed by atoms with E-state index < -0.39 is 17.3 Å². The number of nitrogens with zero attached hydrogens (tertiary/aromatic N) is 4. The molecule has 1 aromatic carbocycles. The van der Waals surface area contributed by atoms with E-state index in [0.29, 0.717) is 44.7 Å². The summed E-state index contributed by atoms with van der Waals surface area (Å²) in [5.41, 5.74) is -1.30. The number of halogens is 3. The Labute approximate surface area is 191 Å². The van der Waals surface area contributed by atoms with Crippen LogP contribution in [-0.4, -0.2) is 68.1 Å². The van der Waals surface area contributed by atoms with Crippen molar-refractivity contribution in [3.05, 3.63) is 29.3 Å². The lowest BCUT2D eigenvalue weighted by Gasteiger charge is -2.43. The van der Waals surface area contributed by atoms with Gasteiger partial charge in [-0.15, -0.1) is 0 Å². The van der Waals surface area contributed by atoms with Crippen LogP contribution in [0.1, 0.15) is 36.8 Å². The van der Waals surface area contributed by atoms with Crippen LogP contribution in [0, 0.1) is 22.7 Å². The number of hydrogen-bond acceptors (Lipinski definition) is 4. The predicted molar refractivity (Wildman–Crippen MR) is 115 cm³/mol. The summed E-state index contributed by atoms with van der Waals surface area (Å²) in [5, 5.41) is 11.7. The van der Waals surface area contributed by atoms with Crippen molar-refractivity contribution in [3.63, 3.8) is 0 Å². The number of rotatable bonds is 2. The van der Waals surface area contributed by atoms with Gasteiger partial charge in [0.25, 0.3) is 0 Å². The second kappa shape index (κ2) is 8.76. The van der Waals surface area contributed by atoms with Gasteiger partial charge in [-0.1, -0.05) is 0 Å². The van der Waals surface area contributed by atoms with Gasteiger partial charge in [-0.3, -0.25) is 4.79 Å². The Kier molecular flexibility index (Phi) is 6.16. The lowest BCUT2D eigenvalue weighted by molar-refractivity contribution is -0.138. The zero-order valence-corrected chi connectivity index (χ0v) is 18.6. The van der Waals surface area contributed by atoms with E-state index >= 15 is 0 Å². The molecule has 33 heavy (non-hydrogen) atoms. The second-order valence-electron chi connectivity index (χ2n) is 9.21. The highest BCUT2D eigenvalue weighted by molar-refractivity contribution is 5.83. The maximum atomic E-state index is 13.4. The Hall–Kier alpha value is -2.96. The summed E-state index contributed by atoms with van der Waals surface area (Å²) in [6.07, 6.45) is -1.43. The number of hydrogen-bond donors (Lipinski definition) is 1. The van der Waals surface area contributed by atoms with Crippen LogP contribution in [0.5, 0.6) is 0 Å². The highest BCUT2D eigenvalue weighted by atomic mass is 19.4. The number of nitrogens with one attached hydrogen (secondary N) is 1. The van der Waals surface area contributed by atoms with Gasteiger partial charge in [0, 0.05) is 57.4 Å². The summed E-state index contributed by atoms with van der Waals surface area (Å²) >= 11 is 0. The number of benzene rings is 1. The van der Waals surface area contributed by atoms with E-state index in [1.165, 1.54) is 6.07 Å². The fraction of sp³-hybridized carbons (Fsp3) is 0.609. The van der Waals surface area contributed by atoms with Gasteiger partial charge in [-0.2, -0.15) is 18.4 Å². The Morgan fingerprint density at radius 1 is 1.12 bits per heavy atom. The molecule has 4 rings (SSSR count). The van der Waals surface area contributed by atoms with Crippen LogP contribution in [0.25, 0.3) is 0 Å². The molecule has 3 aliphatic rings. The average Bonchev–Trinajstić information content (AvgIpc) is 3.47. The molecule has 0 aromatic heterocycles. The third-order valence-electron chi connectivity index (χ3n) is 7.42. The summed E-state index contributed by atoms with van der Waals surface area (Å²) in [5.74, 6) is -0.216. The fourth-order valence-electron chi connectivity index (χ4n) is 5.56. The van der Waals surface area contributed by atoms with Gasteiger partial charge in [0.15, 0.2) is 0 Å². The van der Waals surface area contributed by atoms with Crippen molar-refractivity contribution >= 4 is 17.6 Å². The number of nitriles is 1. The van der Waals surface area contributed by atoms with Gasteiger partial charge in [-0.25, -0.2) is 4.79 Å². The van der Waals surface area contributed by atoms with Crippen LogP contribution in [0.2, 0.25) is 0 Å². The van der Waals surface area contributed by atoms with Gasteiger partial charge in [0.1, 0.15) is 0 Å². The monoisotopic (exact) mass is 463 g/mol. The van der Waals surface area contributed by atoms with Crippen molar-refractivity contribution < 1.29 is 22.8 Å². The van der Waals surface area contributed by atoms with E-state index in [-0.39, 0.29) is 23.3 Å². The molecule has 1 atom stereocenters. The lowest BCUT2D eigenvalue weighted by atomic mass is 9.70. The van der Waals surface area contributed by atoms with Crippen molar-refractivity contribution in [3.8, 4) is 6.07 Å². The van der Waals surface area contributed by atoms with Gasteiger partial charge >= 0.3 is 12.2 Å². The van der Waals surface area contributed by atoms with Crippen LogP contribution in [0.15, 0.2) is 18.2 Å². The Balaban J connectivity index is 1.55. The lowest BCUT2D eigenvalue weighted by Crippen LogP contribution is -2.49. The van der Waals surface area contributed by atoms with E-state index in [4.69, 9.17) is 5.26 Å². The number of carbonyl (C=O) groups is 2. The van der Waals surface area contributed by atoms with E-state index in [1.807, 2.05) is 9.80 Å². The molecule has 1 unspecified atom stereocenters. The van der Waals surface area contributed by atoms with Crippen LogP contribution < -0.4 is 10.2 Å². The first-order valence-corrected chi connectivity index (χ1v) is 11.3. The van der Waals surface area contributed by atoms with Crippen LogP contribution >= 0.6 is 0 Å². The normalized spacial score (nSPS) is 22.5. The third-order valence-corrected chi connectivity index (χ3v) is 7.42. The molecule has 3 aliphatic heterocycles. The molecule has 1 aromatic rings. The quantitative estimate of drug-likeness (QED) is 0.731. The van der Waals surface area contributed by atoms with Crippen LogP contribution in [0.4, 0.5) is 23.7 Å². The van der Waals surface area contributed by atoms with Crippen molar-refractivity contribution in [2.45, 2.75) is 31.9 Å². The first-order valence-electron chi connectivity index (χ1n) is 11.3. The molecule has 3 heterocycles. The molecule has 3 amide bonds. The van der Waals surface area contributed by atoms with Gasteiger partial charge in [0.05, 0.1) is 23.1 Å². The number of amides is 3. The molecule has 0 saturated carbocycles.